The molecule has 0 saturated heterocycles. The van der Waals surface area contributed by atoms with Gasteiger partial charge in [0.25, 0.3) is 0 Å². The molecule has 0 heterocycles. The first-order chi connectivity index (χ1) is 9.66. The van der Waals surface area contributed by atoms with Gasteiger partial charge in [-0.15, -0.1) is 0 Å². The number of urea groups is 1. The lowest BCUT2D eigenvalue weighted by molar-refractivity contribution is 0.225. The summed E-state index contributed by atoms with van der Waals surface area (Å²) in [6.07, 6.45) is 0. The summed E-state index contributed by atoms with van der Waals surface area (Å²) < 4.78 is 22.9. The summed E-state index contributed by atoms with van der Waals surface area (Å²) in [6.45, 7) is 5.47. The number of amides is 2. The van der Waals surface area contributed by atoms with Crippen LogP contribution in [0.25, 0.3) is 0 Å². The minimum Gasteiger partial charge on any atom is -0.327 e. The Bertz CT molecular complexity index is 606. The fourth-order valence-electron chi connectivity index (χ4n) is 1.83. The normalized spacial score (nSPS) is 11.3. The lowest BCUT2D eigenvalue weighted by Gasteiger charge is -2.20. The van der Waals surface area contributed by atoms with E-state index >= 15 is 0 Å². The molecule has 1 aromatic rings. The number of rotatable bonds is 5. The van der Waals surface area contributed by atoms with E-state index in [1.807, 2.05) is 13.8 Å². The van der Waals surface area contributed by atoms with Crippen LogP contribution in [0.15, 0.2) is 12.1 Å². The Morgan fingerprint density at radius 3 is 2.29 bits per heavy atom. The van der Waals surface area contributed by atoms with E-state index in [0.717, 1.165) is 11.1 Å². The Balaban J connectivity index is 2.73. The third-order valence-electron chi connectivity index (χ3n) is 3.25. The van der Waals surface area contributed by atoms with E-state index in [1.54, 1.807) is 26.1 Å². The van der Waals surface area contributed by atoms with Crippen LogP contribution in [-0.2, 0) is 9.84 Å². The van der Waals surface area contributed by atoms with Gasteiger partial charge in [0.05, 0.1) is 5.75 Å². The summed E-state index contributed by atoms with van der Waals surface area (Å²) in [5.41, 5.74) is 2.43. The molecule has 5 nitrogen and oxygen atoms in total. The molecule has 1 aromatic carbocycles. The van der Waals surface area contributed by atoms with Crippen molar-refractivity contribution in [3.8, 4) is 0 Å². The Labute approximate surface area is 131 Å². The average molecular weight is 333 g/mol. The van der Waals surface area contributed by atoms with Crippen molar-refractivity contribution >= 4 is 33.2 Å². The van der Waals surface area contributed by atoms with Gasteiger partial charge in [-0.2, -0.15) is 0 Å². The average Bonchev–Trinajstić information content (AvgIpc) is 2.40. The molecule has 21 heavy (non-hydrogen) atoms. The van der Waals surface area contributed by atoms with E-state index in [9.17, 15) is 13.2 Å². The van der Waals surface area contributed by atoms with Gasteiger partial charge in [0.15, 0.2) is 9.84 Å². The molecule has 0 atom stereocenters. The van der Waals surface area contributed by atoms with Crippen molar-refractivity contribution in [1.29, 1.82) is 0 Å². The summed E-state index contributed by atoms with van der Waals surface area (Å²) in [6, 6.07) is 3.20. The highest BCUT2D eigenvalue weighted by atomic mass is 35.5. The van der Waals surface area contributed by atoms with Crippen LogP contribution in [-0.4, -0.2) is 44.4 Å². The lowest BCUT2D eigenvalue weighted by Crippen LogP contribution is -2.35. The van der Waals surface area contributed by atoms with Crippen molar-refractivity contribution in [3.05, 3.63) is 28.3 Å². The standard InChI is InChI=1S/C14H21ClN2O3S/c1-5-21(19,20)7-6-17(4)14(18)16-13-10(2)8-12(15)9-11(13)3/h8-9H,5-7H2,1-4H3,(H,16,18). The monoisotopic (exact) mass is 332 g/mol. The number of benzene rings is 1. The molecule has 0 aliphatic carbocycles. The predicted molar refractivity (Wildman–Crippen MR) is 86.9 cm³/mol. The number of nitrogens with one attached hydrogen (secondary N) is 1. The van der Waals surface area contributed by atoms with Crippen molar-refractivity contribution in [2.24, 2.45) is 0 Å². The quantitative estimate of drug-likeness (QED) is 0.901. The predicted octanol–water partition coefficient (Wildman–Crippen LogP) is 2.86. The number of anilines is 1. The highest BCUT2D eigenvalue weighted by Crippen LogP contribution is 2.24. The molecule has 0 fully saturated rings. The zero-order chi connectivity index (χ0) is 16.2. The van der Waals surface area contributed by atoms with Crippen LogP contribution in [0, 0.1) is 13.8 Å². The topological polar surface area (TPSA) is 66.5 Å². The van der Waals surface area contributed by atoms with Crippen LogP contribution in [0.3, 0.4) is 0 Å². The smallest absolute Gasteiger partial charge is 0.321 e. The van der Waals surface area contributed by atoms with Crippen LogP contribution in [0.1, 0.15) is 18.1 Å². The van der Waals surface area contributed by atoms with Crippen LogP contribution in [0.4, 0.5) is 10.5 Å². The molecule has 1 rings (SSSR count). The molecule has 0 unspecified atom stereocenters. The molecule has 0 spiro atoms. The number of hydrogen-bond donors (Lipinski definition) is 1. The summed E-state index contributed by atoms with van der Waals surface area (Å²) in [4.78, 5) is 13.5. The van der Waals surface area contributed by atoms with Gasteiger partial charge in [-0.1, -0.05) is 18.5 Å². The van der Waals surface area contributed by atoms with Crippen molar-refractivity contribution in [2.45, 2.75) is 20.8 Å². The molecular formula is C14H21ClN2O3S. The fraction of sp³-hybridized carbons (Fsp3) is 0.500. The minimum absolute atomic E-state index is 0.0357. The van der Waals surface area contributed by atoms with Crippen LogP contribution in [0.5, 0.6) is 0 Å². The molecule has 7 heteroatoms. The summed E-state index contributed by atoms with van der Waals surface area (Å²) in [5, 5.41) is 3.41. The maximum atomic E-state index is 12.1. The van der Waals surface area contributed by atoms with Crippen molar-refractivity contribution in [1.82, 2.24) is 4.90 Å². The van der Waals surface area contributed by atoms with Gasteiger partial charge in [0.2, 0.25) is 0 Å². The van der Waals surface area contributed by atoms with E-state index < -0.39 is 9.84 Å². The molecule has 2 amide bonds. The molecule has 0 radical (unpaired) electrons. The lowest BCUT2D eigenvalue weighted by atomic mass is 10.1. The van der Waals surface area contributed by atoms with Crippen molar-refractivity contribution in [3.63, 3.8) is 0 Å². The molecule has 1 N–H and O–H groups in total. The van der Waals surface area contributed by atoms with Gasteiger partial charge < -0.3 is 10.2 Å². The fourth-order valence-corrected chi connectivity index (χ4v) is 3.00. The summed E-state index contributed by atoms with van der Waals surface area (Å²) in [5.74, 6) is 0.0455. The SMILES string of the molecule is CCS(=O)(=O)CCN(C)C(=O)Nc1c(C)cc(Cl)cc1C. The van der Waals surface area contributed by atoms with Gasteiger partial charge in [-0.3, -0.25) is 0 Å². The summed E-state index contributed by atoms with van der Waals surface area (Å²) in [7, 11) is -1.51. The number of hydrogen-bond acceptors (Lipinski definition) is 3. The van der Waals surface area contributed by atoms with Crippen molar-refractivity contribution < 1.29 is 13.2 Å². The molecule has 0 bridgehead atoms. The first-order valence-corrected chi connectivity index (χ1v) is 8.85. The third-order valence-corrected chi connectivity index (χ3v) is 5.16. The van der Waals surface area contributed by atoms with E-state index in [1.165, 1.54) is 4.90 Å². The zero-order valence-corrected chi connectivity index (χ0v) is 14.3. The number of carbonyl (C=O) groups excluding carboxylic acids is 1. The van der Waals surface area contributed by atoms with Gasteiger partial charge in [0.1, 0.15) is 0 Å². The van der Waals surface area contributed by atoms with Gasteiger partial charge in [-0.05, 0) is 37.1 Å². The first kappa shape index (κ1) is 17.8. The molecule has 0 saturated carbocycles. The third kappa shape index (κ3) is 5.21. The Morgan fingerprint density at radius 2 is 1.81 bits per heavy atom. The highest BCUT2D eigenvalue weighted by Gasteiger charge is 2.15. The maximum Gasteiger partial charge on any atom is 0.321 e. The minimum atomic E-state index is -3.08. The Kier molecular flexibility index (Phi) is 6.04. The van der Waals surface area contributed by atoms with Crippen LogP contribution in [0.2, 0.25) is 5.02 Å². The number of halogens is 1. The van der Waals surface area contributed by atoms with E-state index in [0.29, 0.717) is 10.7 Å². The number of sulfone groups is 1. The van der Waals surface area contributed by atoms with Gasteiger partial charge in [-0.25, -0.2) is 13.2 Å². The van der Waals surface area contributed by atoms with E-state index in [-0.39, 0.29) is 24.1 Å². The Morgan fingerprint density at radius 1 is 1.29 bits per heavy atom. The van der Waals surface area contributed by atoms with Gasteiger partial charge >= 0.3 is 6.03 Å². The molecule has 0 aliphatic rings. The number of aryl methyl sites for hydroxylation is 2. The molecule has 118 valence electrons. The van der Waals surface area contributed by atoms with E-state index in [4.69, 9.17) is 11.6 Å². The van der Waals surface area contributed by atoms with Crippen LogP contribution >= 0.6 is 11.6 Å². The second-order valence-corrected chi connectivity index (χ2v) is 7.91. The number of nitrogens with zero attached hydrogens (tertiary/aromatic N) is 1. The molecule has 0 aromatic heterocycles. The highest BCUT2D eigenvalue weighted by molar-refractivity contribution is 7.91. The van der Waals surface area contributed by atoms with Crippen LogP contribution < -0.4 is 5.32 Å². The van der Waals surface area contributed by atoms with Gasteiger partial charge in [0, 0.05) is 30.1 Å². The Hall–Kier alpha value is -1.27. The van der Waals surface area contributed by atoms with E-state index in [2.05, 4.69) is 5.32 Å². The van der Waals surface area contributed by atoms with Crippen molar-refractivity contribution in [2.75, 3.05) is 30.4 Å². The second-order valence-electron chi connectivity index (χ2n) is 5.00. The molecular weight excluding hydrogens is 312 g/mol. The maximum absolute atomic E-state index is 12.1. The summed E-state index contributed by atoms with van der Waals surface area (Å²) >= 11 is 5.95. The largest absolute Gasteiger partial charge is 0.327 e. The first-order valence-electron chi connectivity index (χ1n) is 6.65. The second kappa shape index (κ2) is 7.13. The number of carbonyl (C=O) groups is 1. The molecule has 0 aliphatic heterocycles. The zero-order valence-electron chi connectivity index (χ0n) is 12.7.